The van der Waals surface area contributed by atoms with E-state index < -0.39 is 22.6 Å². The number of nitrogens with one attached hydrogen (secondary N) is 1. The molecule has 0 heterocycles. The van der Waals surface area contributed by atoms with Crippen LogP contribution in [0.2, 0.25) is 5.02 Å². The fraction of sp³-hybridized carbons (Fsp3) is 0.167. The molecule has 8 nitrogen and oxygen atoms in total. The maximum Gasteiger partial charge on any atom is 0.341 e. The topological polar surface area (TPSA) is 105 Å². The van der Waals surface area contributed by atoms with Crippen molar-refractivity contribution in [1.29, 1.82) is 0 Å². The number of carboxylic acids is 1. The van der Waals surface area contributed by atoms with Gasteiger partial charge in [0.2, 0.25) is 10.0 Å². The largest absolute Gasteiger partial charge is 0.480 e. The Hall–Kier alpha value is -3.73. The van der Waals surface area contributed by atoms with Gasteiger partial charge in [0.05, 0.1) is 17.0 Å². The number of carbonyl (C=O) groups is 1. The predicted octanol–water partition coefficient (Wildman–Crippen LogP) is 7.24. The summed E-state index contributed by atoms with van der Waals surface area (Å²) in [4.78, 5) is 13.0. The molecule has 0 spiro atoms. The average Bonchev–Trinajstić information content (AvgIpc) is 2.91. The van der Waals surface area contributed by atoms with Gasteiger partial charge in [-0.25, -0.2) is 13.2 Å². The van der Waals surface area contributed by atoms with Crippen LogP contribution in [0.1, 0.15) is 16.7 Å². The molecule has 214 valence electrons. The molecule has 0 saturated carbocycles. The van der Waals surface area contributed by atoms with E-state index in [2.05, 4.69) is 25.6 Å². The van der Waals surface area contributed by atoms with Crippen molar-refractivity contribution < 1.29 is 27.8 Å². The zero-order chi connectivity index (χ0) is 29.6. The highest BCUT2D eigenvalue weighted by atomic mass is 79.9. The maximum absolute atomic E-state index is 11.9. The third-order valence-corrected chi connectivity index (χ3v) is 7.72. The first-order chi connectivity index (χ1) is 19.5. The molecule has 0 bridgehead atoms. The van der Waals surface area contributed by atoms with Gasteiger partial charge in [-0.2, -0.15) is 0 Å². The molecule has 11 heteroatoms. The molecule has 0 unspecified atom stereocenters. The number of carboxylic acid groups (broad SMARTS) is 1. The van der Waals surface area contributed by atoms with Crippen LogP contribution in [0.5, 0.6) is 17.2 Å². The van der Waals surface area contributed by atoms with Crippen LogP contribution in [0.15, 0.2) is 89.4 Å². The Kier molecular flexibility index (Phi) is 9.80. The van der Waals surface area contributed by atoms with Crippen molar-refractivity contribution in [1.82, 2.24) is 0 Å². The molecule has 0 saturated heterocycles. The fourth-order valence-electron chi connectivity index (χ4n) is 4.15. The van der Waals surface area contributed by atoms with Crippen molar-refractivity contribution in [3.05, 3.63) is 111 Å². The van der Waals surface area contributed by atoms with Gasteiger partial charge in [0.1, 0.15) is 17.2 Å². The second-order valence-corrected chi connectivity index (χ2v) is 12.3. The summed E-state index contributed by atoms with van der Waals surface area (Å²) in [6, 6.07) is 25.9. The second kappa shape index (κ2) is 13.3. The molecule has 0 atom stereocenters. The summed E-state index contributed by atoms with van der Waals surface area (Å²) in [6.07, 6.45) is 1.13. The first-order valence-corrected chi connectivity index (χ1v) is 15.5. The molecule has 0 aliphatic carbocycles. The van der Waals surface area contributed by atoms with E-state index in [1.165, 1.54) is 0 Å². The van der Waals surface area contributed by atoms with E-state index in [0.717, 1.165) is 33.1 Å². The van der Waals surface area contributed by atoms with E-state index in [1.54, 1.807) is 24.3 Å². The Morgan fingerprint density at radius 1 is 0.976 bits per heavy atom. The predicted molar refractivity (Wildman–Crippen MR) is 165 cm³/mol. The van der Waals surface area contributed by atoms with E-state index in [4.69, 9.17) is 26.2 Å². The number of hydrogen-bond donors (Lipinski definition) is 2. The van der Waals surface area contributed by atoms with Crippen LogP contribution in [0.3, 0.4) is 0 Å². The number of hydrogen-bond acceptors (Lipinski definition) is 6. The number of benzene rings is 4. The highest BCUT2D eigenvalue weighted by Gasteiger charge is 2.16. The van der Waals surface area contributed by atoms with Crippen molar-refractivity contribution in [2.45, 2.75) is 20.0 Å². The number of halogens is 2. The normalized spacial score (nSPS) is 11.1. The Morgan fingerprint density at radius 3 is 2.37 bits per heavy atom. The SMILES string of the molecule is Cc1c(NS(C)(=O)=O)cccc1N(Cc1ccc(Oc2ccc(Cl)c(OCC(=O)O)c2)cc1)Cc1ccccc1Br. The fourth-order valence-corrected chi connectivity index (χ4v) is 5.35. The number of anilines is 2. The van der Waals surface area contributed by atoms with Crippen LogP contribution >= 0.6 is 27.5 Å². The molecule has 4 aromatic rings. The number of ether oxygens (including phenoxy) is 2. The van der Waals surface area contributed by atoms with Crippen molar-refractivity contribution in [3.63, 3.8) is 0 Å². The molecule has 4 rings (SSSR count). The average molecular weight is 660 g/mol. The summed E-state index contributed by atoms with van der Waals surface area (Å²) in [5, 5.41) is 9.15. The van der Waals surface area contributed by atoms with E-state index in [-0.39, 0.29) is 10.8 Å². The van der Waals surface area contributed by atoms with Crippen molar-refractivity contribution in [3.8, 4) is 17.2 Å². The standard InChI is InChI=1S/C30H28BrClN2O6S/c1-20-27(33-41(2,37)38)8-5-9-28(20)34(18-22-6-3-4-7-25(22)31)17-21-10-12-23(13-11-21)40-24-14-15-26(32)29(16-24)39-19-30(35)36/h3-16,33H,17-19H2,1-2H3,(H,35,36). The van der Waals surface area contributed by atoms with Crippen molar-refractivity contribution >= 4 is 54.9 Å². The Morgan fingerprint density at radius 2 is 1.68 bits per heavy atom. The van der Waals surface area contributed by atoms with Crippen LogP contribution < -0.4 is 19.1 Å². The Balaban J connectivity index is 1.57. The van der Waals surface area contributed by atoms with Gasteiger partial charge < -0.3 is 19.5 Å². The van der Waals surface area contributed by atoms with Crippen LogP contribution in [0, 0.1) is 6.92 Å². The summed E-state index contributed by atoms with van der Waals surface area (Å²) in [6.45, 7) is 2.50. The minimum absolute atomic E-state index is 0.217. The molecule has 0 aliphatic heterocycles. The molecule has 2 N–H and O–H groups in total. The summed E-state index contributed by atoms with van der Waals surface area (Å²) in [7, 11) is -3.44. The Bertz CT molecular complexity index is 1650. The molecular weight excluding hydrogens is 632 g/mol. The lowest BCUT2D eigenvalue weighted by atomic mass is 10.1. The van der Waals surface area contributed by atoms with E-state index in [9.17, 15) is 13.2 Å². The molecule has 0 aromatic heterocycles. The zero-order valence-corrected chi connectivity index (χ0v) is 25.5. The second-order valence-electron chi connectivity index (χ2n) is 9.29. The van der Waals surface area contributed by atoms with Gasteiger partial charge in [0.25, 0.3) is 0 Å². The first kappa shape index (κ1) is 30.2. The lowest BCUT2D eigenvalue weighted by Crippen LogP contribution is -2.24. The lowest BCUT2D eigenvalue weighted by Gasteiger charge is -2.28. The highest BCUT2D eigenvalue weighted by Crippen LogP contribution is 2.33. The molecule has 0 aliphatic rings. The monoisotopic (exact) mass is 658 g/mol. The third kappa shape index (κ3) is 8.63. The number of aliphatic carboxylic acids is 1. The first-order valence-electron chi connectivity index (χ1n) is 12.4. The lowest BCUT2D eigenvalue weighted by molar-refractivity contribution is -0.139. The number of nitrogens with zero attached hydrogens (tertiary/aromatic N) is 1. The van der Waals surface area contributed by atoms with Gasteiger partial charge in [0.15, 0.2) is 6.61 Å². The minimum atomic E-state index is -3.44. The molecule has 4 aromatic carbocycles. The van der Waals surface area contributed by atoms with Crippen molar-refractivity contribution in [2.75, 3.05) is 22.5 Å². The molecule has 0 amide bonds. The summed E-state index contributed by atoms with van der Waals surface area (Å²) in [5.41, 5.74) is 4.32. The smallest absolute Gasteiger partial charge is 0.341 e. The number of rotatable bonds is 12. The van der Waals surface area contributed by atoms with Crippen LogP contribution in [0.25, 0.3) is 0 Å². The molecule has 0 radical (unpaired) electrons. The maximum atomic E-state index is 11.9. The van der Waals surface area contributed by atoms with Gasteiger partial charge in [-0.3, -0.25) is 4.72 Å². The summed E-state index contributed by atoms with van der Waals surface area (Å²) in [5.74, 6) is 0.135. The van der Waals surface area contributed by atoms with Gasteiger partial charge in [0, 0.05) is 29.3 Å². The highest BCUT2D eigenvalue weighted by molar-refractivity contribution is 9.10. The van der Waals surface area contributed by atoms with E-state index in [0.29, 0.717) is 30.3 Å². The zero-order valence-electron chi connectivity index (χ0n) is 22.3. The summed E-state index contributed by atoms with van der Waals surface area (Å²) < 4.78 is 38.6. The van der Waals surface area contributed by atoms with Crippen molar-refractivity contribution in [2.24, 2.45) is 0 Å². The summed E-state index contributed by atoms with van der Waals surface area (Å²) >= 11 is 9.75. The minimum Gasteiger partial charge on any atom is -0.480 e. The van der Waals surface area contributed by atoms with Crippen LogP contribution in [0.4, 0.5) is 11.4 Å². The van der Waals surface area contributed by atoms with Crippen LogP contribution in [-0.2, 0) is 27.9 Å². The number of sulfonamides is 1. The van der Waals surface area contributed by atoms with Gasteiger partial charge >= 0.3 is 5.97 Å². The third-order valence-electron chi connectivity index (χ3n) is 6.05. The van der Waals surface area contributed by atoms with Gasteiger partial charge in [-0.15, -0.1) is 0 Å². The van der Waals surface area contributed by atoms with E-state index >= 15 is 0 Å². The van der Waals surface area contributed by atoms with Crippen LogP contribution in [-0.4, -0.2) is 32.4 Å². The van der Waals surface area contributed by atoms with Gasteiger partial charge in [-0.1, -0.05) is 63.9 Å². The molecule has 0 fully saturated rings. The van der Waals surface area contributed by atoms with E-state index in [1.807, 2.05) is 67.6 Å². The Labute approximate surface area is 252 Å². The van der Waals surface area contributed by atoms with Gasteiger partial charge in [-0.05, 0) is 66.1 Å². The molecule has 41 heavy (non-hydrogen) atoms. The quantitative estimate of drug-likeness (QED) is 0.165. The molecular formula is C30H28BrClN2O6S.